The van der Waals surface area contributed by atoms with Crippen molar-refractivity contribution in [1.29, 1.82) is 0 Å². The summed E-state index contributed by atoms with van der Waals surface area (Å²) < 4.78 is 2.91. The summed E-state index contributed by atoms with van der Waals surface area (Å²) in [5, 5.41) is 0. The summed E-state index contributed by atoms with van der Waals surface area (Å²) in [5.74, 6) is 0.0799. The van der Waals surface area contributed by atoms with Gasteiger partial charge < -0.3 is 9.30 Å². The zero-order valence-corrected chi connectivity index (χ0v) is 15.5. The van der Waals surface area contributed by atoms with E-state index in [-0.39, 0.29) is 5.91 Å². The summed E-state index contributed by atoms with van der Waals surface area (Å²) in [6.07, 6.45) is 5.07. The number of carbonyl (C=O) groups excluding carboxylic acids is 1. The normalized spacial score (nSPS) is 11.0. The monoisotopic (exact) mass is 385 g/mol. The molecule has 0 atom stereocenters. The second-order valence-electron chi connectivity index (χ2n) is 5.92. The lowest BCUT2D eigenvalue weighted by molar-refractivity contribution is -0.129. The molecule has 1 aromatic carbocycles. The van der Waals surface area contributed by atoms with Crippen LogP contribution in [0.15, 0.2) is 53.3 Å². The van der Waals surface area contributed by atoms with Gasteiger partial charge in [-0.3, -0.25) is 4.79 Å². The highest BCUT2D eigenvalue weighted by atomic mass is 79.9. The van der Waals surface area contributed by atoms with Crippen molar-refractivity contribution in [2.75, 3.05) is 7.05 Å². The van der Waals surface area contributed by atoms with E-state index in [9.17, 15) is 4.79 Å². The number of nitrogens with zero attached hydrogens (tertiary/aromatic N) is 3. The fourth-order valence-corrected chi connectivity index (χ4v) is 3.01. The summed E-state index contributed by atoms with van der Waals surface area (Å²) in [4.78, 5) is 18.6. The molecular formula is C19H20BrN3O. The third-order valence-corrected chi connectivity index (χ3v) is 4.62. The number of rotatable bonds is 5. The van der Waals surface area contributed by atoms with Gasteiger partial charge in [0.2, 0.25) is 5.91 Å². The van der Waals surface area contributed by atoms with Gasteiger partial charge in [-0.25, -0.2) is 4.98 Å². The Balaban J connectivity index is 1.69. The molecule has 0 N–H and O–H groups in total. The van der Waals surface area contributed by atoms with Crippen LogP contribution in [0.25, 0.3) is 5.65 Å². The Kier molecular flexibility index (Phi) is 5.00. The maximum absolute atomic E-state index is 12.5. The Morgan fingerprint density at radius 1 is 1.17 bits per heavy atom. The highest BCUT2D eigenvalue weighted by Gasteiger charge is 2.13. The quantitative estimate of drug-likeness (QED) is 0.668. The fourth-order valence-electron chi connectivity index (χ4n) is 2.67. The summed E-state index contributed by atoms with van der Waals surface area (Å²) in [7, 11) is 1.84. The number of imidazole rings is 1. The Morgan fingerprint density at radius 3 is 2.58 bits per heavy atom. The van der Waals surface area contributed by atoms with Crippen LogP contribution in [0.5, 0.6) is 0 Å². The molecule has 2 aromatic heterocycles. The first-order valence-corrected chi connectivity index (χ1v) is 8.79. The van der Waals surface area contributed by atoms with E-state index < -0.39 is 0 Å². The molecule has 2 heterocycles. The topological polar surface area (TPSA) is 37.6 Å². The van der Waals surface area contributed by atoms with Crippen LogP contribution in [0.4, 0.5) is 0 Å². The lowest BCUT2D eigenvalue weighted by atomic mass is 10.1. The molecule has 0 aliphatic heterocycles. The SMILES string of the molecule is CCc1ccc(CN(C)C(=O)Cc2cnc3ccc(Br)cn23)cc1. The molecule has 24 heavy (non-hydrogen) atoms. The van der Waals surface area contributed by atoms with E-state index in [1.165, 1.54) is 5.56 Å². The third kappa shape index (κ3) is 3.67. The van der Waals surface area contributed by atoms with Crippen molar-refractivity contribution in [3.05, 3.63) is 70.1 Å². The third-order valence-electron chi connectivity index (χ3n) is 4.16. The standard InChI is InChI=1S/C19H20BrN3O/c1-3-14-4-6-15(7-5-14)12-22(2)19(24)10-17-11-21-18-9-8-16(20)13-23(17)18/h4-9,11,13H,3,10,12H2,1-2H3. The number of aryl methyl sites for hydroxylation is 1. The van der Waals surface area contributed by atoms with Crippen LogP contribution < -0.4 is 0 Å². The molecule has 4 nitrogen and oxygen atoms in total. The number of hydrogen-bond acceptors (Lipinski definition) is 2. The predicted molar refractivity (Wildman–Crippen MR) is 98.9 cm³/mol. The number of aromatic nitrogens is 2. The summed E-state index contributed by atoms with van der Waals surface area (Å²) in [5.41, 5.74) is 4.19. The minimum atomic E-state index is 0.0799. The van der Waals surface area contributed by atoms with E-state index in [1.807, 2.05) is 29.8 Å². The molecular weight excluding hydrogens is 366 g/mol. The first-order chi connectivity index (χ1) is 11.6. The van der Waals surface area contributed by atoms with Crippen molar-refractivity contribution in [3.63, 3.8) is 0 Å². The number of halogens is 1. The smallest absolute Gasteiger partial charge is 0.228 e. The van der Waals surface area contributed by atoms with Gasteiger partial charge in [-0.05, 0) is 45.6 Å². The van der Waals surface area contributed by atoms with Crippen LogP contribution in [-0.4, -0.2) is 27.2 Å². The minimum Gasteiger partial charge on any atom is -0.341 e. The molecule has 0 fully saturated rings. The average Bonchev–Trinajstić information content (AvgIpc) is 2.97. The molecule has 124 valence electrons. The molecule has 0 saturated heterocycles. The van der Waals surface area contributed by atoms with Crippen molar-refractivity contribution in [1.82, 2.24) is 14.3 Å². The van der Waals surface area contributed by atoms with Gasteiger partial charge in [0.1, 0.15) is 5.65 Å². The predicted octanol–water partition coefficient (Wildman–Crippen LogP) is 3.86. The zero-order valence-electron chi connectivity index (χ0n) is 13.9. The van der Waals surface area contributed by atoms with Crippen LogP contribution in [0.3, 0.4) is 0 Å². The summed E-state index contributed by atoms with van der Waals surface area (Å²) in [6, 6.07) is 12.3. The number of hydrogen-bond donors (Lipinski definition) is 0. The lowest BCUT2D eigenvalue weighted by Crippen LogP contribution is -2.28. The minimum absolute atomic E-state index is 0.0799. The van der Waals surface area contributed by atoms with Gasteiger partial charge in [0.25, 0.3) is 0 Å². The summed E-state index contributed by atoms with van der Waals surface area (Å²) in [6.45, 7) is 2.75. The van der Waals surface area contributed by atoms with Crippen molar-refractivity contribution in [3.8, 4) is 0 Å². The number of carbonyl (C=O) groups is 1. The average molecular weight is 386 g/mol. The van der Waals surface area contributed by atoms with Gasteiger partial charge >= 0.3 is 0 Å². The Bertz CT molecular complexity index is 855. The van der Waals surface area contributed by atoms with Gasteiger partial charge in [-0.1, -0.05) is 31.2 Å². The molecule has 5 heteroatoms. The fraction of sp³-hybridized carbons (Fsp3) is 0.263. The first kappa shape index (κ1) is 16.7. The second kappa shape index (κ2) is 7.18. The van der Waals surface area contributed by atoms with Crippen LogP contribution in [-0.2, 0) is 24.2 Å². The Morgan fingerprint density at radius 2 is 1.88 bits per heavy atom. The molecule has 0 aliphatic carbocycles. The number of benzene rings is 1. The zero-order chi connectivity index (χ0) is 17.1. The highest BCUT2D eigenvalue weighted by molar-refractivity contribution is 9.10. The van der Waals surface area contributed by atoms with Crippen molar-refractivity contribution >= 4 is 27.5 Å². The Labute approximate surface area is 150 Å². The molecule has 0 aliphatic rings. The number of pyridine rings is 1. The molecule has 0 radical (unpaired) electrons. The summed E-state index contributed by atoms with van der Waals surface area (Å²) >= 11 is 3.46. The van der Waals surface area contributed by atoms with Crippen LogP contribution in [0.2, 0.25) is 0 Å². The van der Waals surface area contributed by atoms with Crippen LogP contribution in [0, 0.1) is 0 Å². The van der Waals surface area contributed by atoms with Gasteiger partial charge in [0.05, 0.1) is 12.1 Å². The maximum atomic E-state index is 12.5. The molecule has 0 saturated carbocycles. The number of likely N-dealkylation sites (N-methyl/N-ethyl adjacent to an activating group) is 1. The van der Waals surface area contributed by atoms with E-state index in [4.69, 9.17) is 0 Å². The van der Waals surface area contributed by atoms with E-state index in [0.29, 0.717) is 13.0 Å². The molecule has 0 bridgehead atoms. The van der Waals surface area contributed by atoms with Crippen molar-refractivity contribution < 1.29 is 4.79 Å². The van der Waals surface area contributed by atoms with Crippen LogP contribution >= 0.6 is 15.9 Å². The van der Waals surface area contributed by atoms with Gasteiger partial charge in [0.15, 0.2) is 0 Å². The highest BCUT2D eigenvalue weighted by Crippen LogP contribution is 2.15. The van der Waals surface area contributed by atoms with Crippen LogP contribution in [0.1, 0.15) is 23.7 Å². The molecule has 3 rings (SSSR count). The van der Waals surface area contributed by atoms with E-state index in [2.05, 4.69) is 52.1 Å². The lowest BCUT2D eigenvalue weighted by Gasteiger charge is -2.17. The van der Waals surface area contributed by atoms with E-state index in [0.717, 1.165) is 27.8 Å². The molecule has 0 spiro atoms. The first-order valence-electron chi connectivity index (χ1n) is 8.00. The van der Waals surface area contributed by atoms with Crippen molar-refractivity contribution in [2.24, 2.45) is 0 Å². The van der Waals surface area contributed by atoms with Crippen molar-refractivity contribution in [2.45, 2.75) is 26.3 Å². The largest absolute Gasteiger partial charge is 0.341 e. The molecule has 3 aromatic rings. The molecule has 0 unspecified atom stereocenters. The second-order valence-corrected chi connectivity index (χ2v) is 6.84. The maximum Gasteiger partial charge on any atom is 0.228 e. The number of fused-ring (bicyclic) bond motifs is 1. The Hall–Kier alpha value is -2.14. The van der Waals surface area contributed by atoms with Gasteiger partial charge in [-0.2, -0.15) is 0 Å². The van der Waals surface area contributed by atoms with Gasteiger partial charge in [0, 0.05) is 30.5 Å². The van der Waals surface area contributed by atoms with E-state index >= 15 is 0 Å². The van der Waals surface area contributed by atoms with E-state index in [1.54, 1.807) is 11.1 Å². The number of amides is 1. The molecule has 1 amide bonds. The van der Waals surface area contributed by atoms with Gasteiger partial charge in [-0.15, -0.1) is 0 Å².